The second-order valence-electron chi connectivity index (χ2n) is 3.81. The standard InChI is InChI=1S/C9H14N2O4S3/c1-6(5-17(2)13)11-9(12)7-3-8(16-4-7)18(10,14)15/h3-4,6H,5H2,1-2H3,(H,11,12)(H2,10,14,15). The lowest BCUT2D eigenvalue weighted by Gasteiger charge is -2.11. The number of amides is 1. The van der Waals surface area contributed by atoms with E-state index in [1.807, 2.05) is 0 Å². The van der Waals surface area contributed by atoms with E-state index in [4.69, 9.17) is 5.14 Å². The summed E-state index contributed by atoms with van der Waals surface area (Å²) in [5, 5.41) is 9.00. The lowest BCUT2D eigenvalue weighted by atomic mass is 10.3. The van der Waals surface area contributed by atoms with Crippen LogP contribution in [-0.2, 0) is 20.8 Å². The number of hydrogen-bond acceptors (Lipinski definition) is 5. The summed E-state index contributed by atoms with van der Waals surface area (Å²) in [5.41, 5.74) is 0.234. The predicted molar refractivity (Wildman–Crippen MR) is 71.6 cm³/mol. The zero-order valence-electron chi connectivity index (χ0n) is 9.87. The highest BCUT2D eigenvalue weighted by atomic mass is 32.2. The highest BCUT2D eigenvalue weighted by Gasteiger charge is 2.16. The average Bonchev–Trinajstić information content (AvgIpc) is 2.63. The first kappa shape index (κ1) is 15.3. The lowest BCUT2D eigenvalue weighted by Crippen LogP contribution is -2.36. The Morgan fingerprint density at radius 3 is 2.67 bits per heavy atom. The molecule has 9 heteroatoms. The van der Waals surface area contributed by atoms with Gasteiger partial charge in [0.2, 0.25) is 10.0 Å². The average molecular weight is 310 g/mol. The van der Waals surface area contributed by atoms with Gasteiger partial charge in [0.05, 0.1) is 5.56 Å². The molecule has 0 bridgehead atoms. The van der Waals surface area contributed by atoms with Gasteiger partial charge in [-0.05, 0) is 13.0 Å². The summed E-state index contributed by atoms with van der Waals surface area (Å²) in [5.74, 6) is -0.0585. The molecule has 102 valence electrons. The number of hydrogen-bond donors (Lipinski definition) is 2. The molecule has 0 radical (unpaired) electrons. The van der Waals surface area contributed by atoms with Gasteiger partial charge in [-0.25, -0.2) is 13.6 Å². The van der Waals surface area contributed by atoms with E-state index in [-0.39, 0.29) is 15.8 Å². The first-order valence-corrected chi connectivity index (χ1v) is 9.07. The zero-order chi connectivity index (χ0) is 13.9. The predicted octanol–water partition coefficient (Wildman–Crippen LogP) is -0.108. The van der Waals surface area contributed by atoms with E-state index in [9.17, 15) is 17.4 Å². The van der Waals surface area contributed by atoms with Crippen LogP contribution in [0.15, 0.2) is 15.7 Å². The second-order valence-corrected chi connectivity index (χ2v) is 7.99. The maximum Gasteiger partial charge on any atom is 0.252 e. The Morgan fingerprint density at radius 1 is 1.61 bits per heavy atom. The minimum atomic E-state index is -3.77. The summed E-state index contributed by atoms with van der Waals surface area (Å²) < 4.78 is 33.0. The summed E-state index contributed by atoms with van der Waals surface area (Å²) in [4.78, 5) is 11.7. The second kappa shape index (κ2) is 5.91. The van der Waals surface area contributed by atoms with Gasteiger partial charge in [-0.2, -0.15) is 0 Å². The Labute approximate surface area is 112 Å². The molecule has 1 rings (SSSR count). The van der Waals surface area contributed by atoms with Crippen LogP contribution in [0, 0.1) is 0 Å². The highest BCUT2D eigenvalue weighted by Crippen LogP contribution is 2.18. The van der Waals surface area contributed by atoms with Gasteiger partial charge < -0.3 is 5.32 Å². The number of carbonyl (C=O) groups excluding carboxylic acids is 1. The zero-order valence-corrected chi connectivity index (χ0v) is 12.3. The van der Waals surface area contributed by atoms with Crippen LogP contribution >= 0.6 is 11.3 Å². The maximum atomic E-state index is 11.7. The van der Waals surface area contributed by atoms with E-state index in [2.05, 4.69) is 5.32 Å². The fourth-order valence-corrected chi connectivity index (χ4v) is 3.66. The van der Waals surface area contributed by atoms with Crippen molar-refractivity contribution >= 4 is 38.1 Å². The van der Waals surface area contributed by atoms with Gasteiger partial charge >= 0.3 is 0 Å². The van der Waals surface area contributed by atoms with Crippen molar-refractivity contribution in [1.29, 1.82) is 0 Å². The van der Waals surface area contributed by atoms with Crippen LogP contribution in [-0.4, -0.2) is 36.6 Å². The Morgan fingerprint density at radius 2 is 2.22 bits per heavy atom. The van der Waals surface area contributed by atoms with Gasteiger partial charge in [0.15, 0.2) is 0 Å². The third-order valence-electron chi connectivity index (χ3n) is 1.98. The van der Waals surface area contributed by atoms with Crippen LogP contribution in [0.4, 0.5) is 0 Å². The summed E-state index contributed by atoms with van der Waals surface area (Å²) >= 11 is 0.892. The van der Waals surface area contributed by atoms with Crippen LogP contribution in [0.1, 0.15) is 17.3 Å². The summed E-state index contributed by atoms with van der Waals surface area (Å²) in [7, 11) is -4.78. The van der Waals surface area contributed by atoms with Crippen molar-refractivity contribution in [2.45, 2.75) is 17.2 Å². The maximum absolute atomic E-state index is 11.7. The van der Waals surface area contributed by atoms with Gasteiger partial charge in [-0.15, -0.1) is 11.3 Å². The first-order valence-electron chi connectivity index (χ1n) is 4.92. The van der Waals surface area contributed by atoms with Crippen molar-refractivity contribution in [2.75, 3.05) is 12.0 Å². The van der Waals surface area contributed by atoms with E-state index in [0.29, 0.717) is 5.75 Å². The van der Waals surface area contributed by atoms with Gasteiger partial charge in [0, 0.05) is 34.2 Å². The van der Waals surface area contributed by atoms with Crippen molar-refractivity contribution in [3.63, 3.8) is 0 Å². The molecule has 0 aliphatic carbocycles. The van der Waals surface area contributed by atoms with E-state index < -0.39 is 26.7 Å². The molecule has 1 aromatic rings. The third kappa shape index (κ3) is 4.48. The molecular weight excluding hydrogens is 296 g/mol. The van der Waals surface area contributed by atoms with Gasteiger partial charge in [-0.3, -0.25) is 9.00 Å². The topological polar surface area (TPSA) is 106 Å². The van der Waals surface area contributed by atoms with Crippen LogP contribution in [0.25, 0.3) is 0 Å². The van der Waals surface area contributed by atoms with Crippen LogP contribution in [0.2, 0.25) is 0 Å². The number of nitrogens with one attached hydrogen (secondary N) is 1. The van der Waals surface area contributed by atoms with Crippen molar-refractivity contribution < 1.29 is 17.4 Å². The fraction of sp³-hybridized carbons (Fsp3) is 0.444. The Kier molecular flexibility index (Phi) is 5.02. The molecule has 18 heavy (non-hydrogen) atoms. The quantitative estimate of drug-likeness (QED) is 0.791. The molecule has 0 fully saturated rings. The van der Waals surface area contributed by atoms with Gasteiger partial charge in [0.25, 0.3) is 5.91 Å². The lowest BCUT2D eigenvalue weighted by molar-refractivity contribution is 0.0944. The largest absolute Gasteiger partial charge is 0.349 e. The van der Waals surface area contributed by atoms with Crippen molar-refractivity contribution in [2.24, 2.45) is 5.14 Å². The van der Waals surface area contributed by atoms with Gasteiger partial charge in [-0.1, -0.05) is 0 Å². The van der Waals surface area contributed by atoms with Crippen LogP contribution in [0.3, 0.4) is 0 Å². The number of carbonyl (C=O) groups is 1. The molecule has 3 N–H and O–H groups in total. The number of thiophene rings is 1. The molecule has 1 aromatic heterocycles. The molecule has 0 saturated heterocycles. The molecule has 1 heterocycles. The molecule has 0 aliphatic rings. The van der Waals surface area contributed by atoms with Gasteiger partial charge in [0.1, 0.15) is 4.21 Å². The Balaban J connectivity index is 2.74. The molecule has 2 unspecified atom stereocenters. The smallest absolute Gasteiger partial charge is 0.252 e. The molecule has 6 nitrogen and oxygen atoms in total. The van der Waals surface area contributed by atoms with Crippen LogP contribution in [0.5, 0.6) is 0 Å². The minimum Gasteiger partial charge on any atom is -0.349 e. The number of rotatable bonds is 5. The first-order chi connectivity index (χ1) is 8.20. The van der Waals surface area contributed by atoms with E-state index in [1.165, 1.54) is 11.4 Å². The normalized spacial score (nSPS) is 15.1. The highest BCUT2D eigenvalue weighted by molar-refractivity contribution is 7.91. The molecule has 0 spiro atoms. The minimum absolute atomic E-state index is 0.0561. The molecule has 2 atom stereocenters. The Hall–Kier alpha value is -0.770. The number of primary sulfonamides is 1. The molecule has 0 aromatic carbocycles. The molecule has 1 amide bonds. The van der Waals surface area contributed by atoms with Crippen LogP contribution < -0.4 is 10.5 Å². The van der Waals surface area contributed by atoms with E-state index >= 15 is 0 Å². The van der Waals surface area contributed by atoms with Crippen molar-refractivity contribution in [3.8, 4) is 0 Å². The Bertz CT molecular complexity index is 564. The summed E-state index contributed by atoms with van der Waals surface area (Å²) in [6.45, 7) is 1.73. The monoisotopic (exact) mass is 310 g/mol. The van der Waals surface area contributed by atoms with Crippen molar-refractivity contribution in [1.82, 2.24) is 5.32 Å². The molecule has 0 saturated carbocycles. The number of nitrogens with two attached hydrogens (primary N) is 1. The van der Waals surface area contributed by atoms with E-state index in [1.54, 1.807) is 13.2 Å². The summed E-state index contributed by atoms with van der Waals surface area (Å²) in [6, 6.07) is 0.978. The molecule has 0 aliphatic heterocycles. The number of sulfonamides is 1. The molecular formula is C9H14N2O4S3. The fourth-order valence-electron chi connectivity index (χ4n) is 1.29. The van der Waals surface area contributed by atoms with E-state index in [0.717, 1.165) is 11.3 Å². The third-order valence-corrected chi connectivity index (χ3v) is 5.34. The summed E-state index contributed by atoms with van der Waals surface area (Å²) in [6.07, 6.45) is 1.55. The SMILES string of the molecule is CC(CS(C)=O)NC(=O)c1csc(S(N)(=O)=O)c1. The van der Waals surface area contributed by atoms with Crippen molar-refractivity contribution in [3.05, 3.63) is 17.0 Å².